The number of carbonyl (C=O) groups excluding carboxylic acids is 2. The monoisotopic (exact) mass is 495 g/mol. The second-order valence-corrected chi connectivity index (χ2v) is 7.85. The summed E-state index contributed by atoms with van der Waals surface area (Å²) >= 11 is 9.46. The fourth-order valence-corrected chi connectivity index (χ4v) is 3.48. The van der Waals surface area contributed by atoms with Crippen molar-refractivity contribution in [3.05, 3.63) is 100 Å². The molecule has 0 saturated heterocycles. The van der Waals surface area contributed by atoms with Crippen LogP contribution in [-0.2, 0) is 0 Å². The highest BCUT2D eigenvalue weighted by atomic mass is 79.9. The minimum Gasteiger partial charge on any atom is -0.322 e. The number of amides is 2. The molecule has 2 N–H and O–H groups in total. The molecule has 2 amide bonds. The first-order chi connectivity index (χ1) is 15.0. The maximum absolute atomic E-state index is 12.9. The van der Waals surface area contributed by atoms with Crippen LogP contribution in [0.25, 0.3) is 5.69 Å². The predicted molar refractivity (Wildman–Crippen MR) is 123 cm³/mol. The third-order valence-corrected chi connectivity index (χ3v) is 5.07. The smallest absolute Gasteiger partial charge is 0.255 e. The van der Waals surface area contributed by atoms with E-state index >= 15 is 0 Å². The molecule has 1 heterocycles. The van der Waals surface area contributed by atoms with Crippen molar-refractivity contribution in [3.8, 4) is 5.69 Å². The zero-order chi connectivity index (χ0) is 21.8. The minimum absolute atomic E-state index is 0.276. The number of rotatable bonds is 5. The number of benzene rings is 3. The Bertz CT molecular complexity index is 1260. The van der Waals surface area contributed by atoms with E-state index in [0.717, 1.165) is 4.47 Å². The Morgan fingerprint density at radius 3 is 2.39 bits per heavy atom. The Balaban J connectivity index is 1.54. The molecule has 1 aromatic heterocycles. The van der Waals surface area contributed by atoms with Gasteiger partial charge in [0.1, 0.15) is 12.7 Å². The Morgan fingerprint density at radius 1 is 0.903 bits per heavy atom. The number of hydrogen-bond donors (Lipinski definition) is 2. The third-order valence-electron chi connectivity index (χ3n) is 4.34. The van der Waals surface area contributed by atoms with Crippen molar-refractivity contribution in [1.82, 2.24) is 14.8 Å². The summed E-state index contributed by atoms with van der Waals surface area (Å²) in [5.41, 5.74) is 2.47. The van der Waals surface area contributed by atoms with E-state index in [1.54, 1.807) is 60.7 Å². The standard InChI is InChI=1S/C22H15BrClN5O2/c23-16-5-1-3-14(9-16)21(30)27-18-6-2-4-15(10-18)22(31)28-19-11-17(24)7-8-20(19)29-13-25-12-26-29/h1-13H,(H,27,30)(H,28,31). The van der Waals surface area contributed by atoms with Crippen LogP contribution >= 0.6 is 27.5 Å². The van der Waals surface area contributed by atoms with E-state index < -0.39 is 0 Å². The number of nitrogens with one attached hydrogen (secondary N) is 2. The zero-order valence-corrected chi connectivity index (χ0v) is 18.3. The van der Waals surface area contributed by atoms with Gasteiger partial charge in [0.15, 0.2) is 0 Å². The molecular formula is C22H15BrClN5O2. The van der Waals surface area contributed by atoms with Crippen LogP contribution in [0.4, 0.5) is 11.4 Å². The molecule has 0 radical (unpaired) electrons. The highest BCUT2D eigenvalue weighted by Crippen LogP contribution is 2.25. The van der Waals surface area contributed by atoms with E-state index in [1.807, 2.05) is 6.07 Å². The molecule has 31 heavy (non-hydrogen) atoms. The van der Waals surface area contributed by atoms with Crippen molar-refractivity contribution >= 4 is 50.7 Å². The van der Waals surface area contributed by atoms with Gasteiger partial charge in [0.25, 0.3) is 11.8 Å². The molecule has 0 aliphatic carbocycles. The van der Waals surface area contributed by atoms with Crippen LogP contribution in [0.2, 0.25) is 5.02 Å². The summed E-state index contributed by atoms with van der Waals surface area (Å²) in [5.74, 6) is -0.635. The summed E-state index contributed by atoms with van der Waals surface area (Å²) in [7, 11) is 0. The second-order valence-electron chi connectivity index (χ2n) is 6.50. The Labute approximate surface area is 191 Å². The Morgan fingerprint density at radius 2 is 1.65 bits per heavy atom. The first-order valence-electron chi connectivity index (χ1n) is 9.12. The van der Waals surface area contributed by atoms with Crippen LogP contribution in [0.3, 0.4) is 0 Å². The van der Waals surface area contributed by atoms with Gasteiger partial charge in [0.05, 0.1) is 11.4 Å². The molecule has 7 nitrogen and oxygen atoms in total. The fourth-order valence-electron chi connectivity index (χ4n) is 2.91. The minimum atomic E-state index is -0.359. The first kappa shape index (κ1) is 20.8. The van der Waals surface area contributed by atoms with Crippen molar-refractivity contribution in [3.63, 3.8) is 0 Å². The van der Waals surface area contributed by atoms with Gasteiger partial charge in [-0.2, -0.15) is 5.10 Å². The summed E-state index contributed by atoms with van der Waals surface area (Å²) in [6, 6.07) is 18.8. The molecular weight excluding hydrogens is 482 g/mol. The van der Waals surface area contributed by atoms with Crippen molar-refractivity contribution < 1.29 is 9.59 Å². The van der Waals surface area contributed by atoms with Gasteiger partial charge in [0, 0.05) is 26.3 Å². The lowest BCUT2D eigenvalue weighted by Crippen LogP contribution is -2.15. The summed E-state index contributed by atoms with van der Waals surface area (Å²) in [5, 5.41) is 10.2. The maximum atomic E-state index is 12.9. The number of halogens is 2. The number of anilines is 2. The number of carbonyl (C=O) groups is 2. The van der Waals surface area contributed by atoms with E-state index in [-0.39, 0.29) is 11.8 Å². The SMILES string of the molecule is O=C(Nc1cccc(C(=O)Nc2cc(Cl)ccc2-n2cncn2)c1)c1cccc(Br)c1. The van der Waals surface area contributed by atoms with Crippen LogP contribution in [0.1, 0.15) is 20.7 Å². The van der Waals surface area contributed by atoms with Crippen LogP contribution in [-0.4, -0.2) is 26.6 Å². The average molecular weight is 497 g/mol. The lowest BCUT2D eigenvalue weighted by atomic mass is 10.1. The van der Waals surface area contributed by atoms with Crippen LogP contribution in [0.15, 0.2) is 83.9 Å². The molecule has 0 aliphatic rings. The lowest BCUT2D eigenvalue weighted by Gasteiger charge is -2.12. The molecule has 0 saturated carbocycles. The molecule has 0 fully saturated rings. The molecule has 4 aromatic rings. The topological polar surface area (TPSA) is 88.9 Å². The van der Waals surface area contributed by atoms with Crippen molar-refractivity contribution in [2.45, 2.75) is 0 Å². The molecule has 0 bridgehead atoms. The second kappa shape index (κ2) is 9.11. The molecule has 0 spiro atoms. The lowest BCUT2D eigenvalue weighted by molar-refractivity contribution is 0.101. The van der Waals surface area contributed by atoms with E-state index in [4.69, 9.17) is 11.6 Å². The van der Waals surface area contributed by atoms with Crippen molar-refractivity contribution in [2.24, 2.45) is 0 Å². The van der Waals surface area contributed by atoms with Gasteiger partial charge in [-0.05, 0) is 54.6 Å². The quantitative estimate of drug-likeness (QED) is 0.398. The van der Waals surface area contributed by atoms with Crippen molar-refractivity contribution in [2.75, 3.05) is 10.6 Å². The Kier molecular flexibility index (Phi) is 6.11. The molecule has 4 rings (SSSR count). The predicted octanol–water partition coefficient (Wildman–Crippen LogP) is 5.19. The fraction of sp³-hybridized carbons (Fsp3) is 0. The van der Waals surface area contributed by atoms with E-state index in [0.29, 0.717) is 33.2 Å². The van der Waals surface area contributed by atoms with E-state index in [2.05, 4.69) is 36.6 Å². The summed E-state index contributed by atoms with van der Waals surface area (Å²) in [6.07, 6.45) is 2.93. The van der Waals surface area contributed by atoms with Crippen LogP contribution in [0.5, 0.6) is 0 Å². The van der Waals surface area contributed by atoms with Crippen molar-refractivity contribution in [1.29, 1.82) is 0 Å². The highest BCUT2D eigenvalue weighted by molar-refractivity contribution is 9.10. The summed E-state index contributed by atoms with van der Waals surface area (Å²) in [4.78, 5) is 29.3. The summed E-state index contributed by atoms with van der Waals surface area (Å²) in [6.45, 7) is 0. The number of hydrogen-bond acceptors (Lipinski definition) is 4. The first-order valence-corrected chi connectivity index (χ1v) is 10.3. The molecule has 3 aromatic carbocycles. The van der Waals surface area contributed by atoms with Gasteiger partial charge in [-0.15, -0.1) is 0 Å². The molecule has 154 valence electrons. The van der Waals surface area contributed by atoms with Crippen LogP contribution < -0.4 is 10.6 Å². The molecule has 0 unspecified atom stereocenters. The molecule has 0 atom stereocenters. The van der Waals surface area contributed by atoms with E-state index in [9.17, 15) is 9.59 Å². The number of nitrogens with zero attached hydrogens (tertiary/aromatic N) is 3. The molecule has 9 heteroatoms. The average Bonchev–Trinajstić information content (AvgIpc) is 3.28. The highest BCUT2D eigenvalue weighted by Gasteiger charge is 2.13. The van der Waals surface area contributed by atoms with Gasteiger partial charge in [-0.25, -0.2) is 9.67 Å². The maximum Gasteiger partial charge on any atom is 0.255 e. The zero-order valence-electron chi connectivity index (χ0n) is 15.9. The van der Waals surface area contributed by atoms with Crippen LogP contribution in [0, 0.1) is 0 Å². The normalized spacial score (nSPS) is 10.5. The molecule has 0 aliphatic heterocycles. The van der Waals surface area contributed by atoms with Gasteiger partial charge < -0.3 is 10.6 Å². The van der Waals surface area contributed by atoms with Gasteiger partial charge >= 0.3 is 0 Å². The van der Waals surface area contributed by atoms with E-state index in [1.165, 1.54) is 17.3 Å². The third kappa shape index (κ3) is 4.99. The Hall–Kier alpha value is -3.49. The van der Waals surface area contributed by atoms with Gasteiger partial charge in [0.2, 0.25) is 0 Å². The van der Waals surface area contributed by atoms with Gasteiger partial charge in [-0.3, -0.25) is 9.59 Å². The largest absolute Gasteiger partial charge is 0.322 e. The summed E-state index contributed by atoms with van der Waals surface area (Å²) < 4.78 is 2.33. The number of aromatic nitrogens is 3. The van der Waals surface area contributed by atoms with Gasteiger partial charge in [-0.1, -0.05) is 39.7 Å².